The minimum atomic E-state index is 0.654. The largest absolute Gasteiger partial charge is 0.360 e. The normalized spacial score (nSPS) is 10.9. The molecule has 2 heterocycles. The van der Waals surface area contributed by atoms with Gasteiger partial charge in [-0.05, 0) is 6.42 Å². The highest BCUT2D eigenvalue weighted by Crippen LogP contribution is 2.16. The first kappa shape index (κ1) is 13.9. The van der Waals surface area contributed by atoms with Gasteiger partial charge in [0, 0.05) is 19.4 Å². The molecule has 19 heavy (non-hydrogen) atoms. The second-order valence-electron chi connectivity index (χ2n) is 4.24. The quantitative estimate of drug-likeness (QED) is 0.841. The van der Waals surface area contributed by atoms with Crippen LogP contribution < -0.4 is 5.32 Å². The minimum Gasteiger partial charge on any atom is -0.360 e. The van der Waals surface area contributed by atoms with Crippen LogP contribution in [0.2, 0.25) is 0 Å². The van der Waals surface area contributed by atoms with Crippen molar-refractivity contribution < 1.29 is 0 Å². The second kappa shape index (κ2) is 6.60. The molecule has 2 aromatic heterocycles. The number of hydrogen-bond donors (Lipinski definition) is 1. The fourth-order valence-electron chi connectivity index (χ4n) is 1.71. The summed E-state index contributed by atoms with van der Waals surface area (Å²) in [5, 5.41) is 17.9. The third kappa shape index (κ3) is 3.50. The van der Waals surface area contributed by atoms with Gasteiger partial charge in [-0.25, -0.2) is 9.67 Å². The number of anilines is 1. The standard InChI is InChI=1S/C12H20N6S/c1-4-7-13-12-16-15-11(19-12)8-18-10(6-3)14-9(5-2)17-18/h4-8H2,1-3H3,(H,13,16). The number of nitrogens with one attached hydrogen (secondary N) is 1. The Morgan fingerprint density at radius 3 is 2.68 bits per heavy atom. The first-order valence-corrected chi connectivity index (χ1v) is 7.57. The average molecular weight is 280 g/mol. The van der Waals surface area contributed by atoms with E-state index in [0.29, 0.717) is 6.54 Å². The average Bonchev–Trinajstić information content (AvgIpc) is 3.03. The van der Waals surface area contributed by atoms with Gasteiger partial charge in [-0.3, -0.25) is 0 Å². The number of hydrogen-bond acceptors (Lipinski definition) is 6. The summed E-state index contributed by atoms with van der Waals surface area (Å²) >= 11 is 1.58. The summed E-state index contributed by atoms with van der Waals surface area (Å²) in [6.45, 7) is 7.87. The van der Waals surface area contributed by atoms with Crippen LogP contribution in [0.15, 0.2) is 0 Å². The van der Waals surface area contributed by atoms with Crippen molar-refractivity contribution in [1.82, 2.24) is 25.0 Å². The molecule has 6 nitrogen and oxygen atoms in total. The highest BCUT2D eigenvalue weighted by Gasteiger charge is 2.10. The van der Waals surface area contributed by atoms with Crippen LogP contribution in [-0.4, -0.2) is 31.5 Å². The molecule has 0 atom stereocenters. The van der Waals surface area contributed by atoms with Gasteiger partial charge in [-0.15, -0.1) is 10.2 Å². The lowest BCUT2D eigenvalue weighted by Gasteiger charge is -2.00. The summed E-state index contributed by atoms with van der Waals surface area (Å²) in [6.07, 6.45) is 2.82. The third-order valence-electron chi connectivity index (χ3n) is 2.70. The molecule has 0 spiro atoms. The summed E-state index contributed by atoms with van der Waals surface area (Å²) in [6, 6.07) is 0. The summed E-state index contributed by atoms with van der Waals surface area (Å²) in [4.78, 5) is 4.49. The van der Waals surface area contributed by atoms with E-state index in [4.69, 9.17) is 0 Å². The number of nitrogens with zero attached hydrogens (tertiary/aromatic N) is 5. The van der Waals surface area contributed by atoms with E-state index in [1.165, 1.54) is 0 Å². The van der Waals surface area contributed by atoms with Crippen molar-refractivity contribution in [3.8, 4) is 0 Å². The number of aromatic nitrogens is 5. The fourth-order valence-corrected chi connectivity index (χ4v) is 2.46. The van der Waals surface area contributed by atoms with Crippen molar-refractivity contribution in [2.24, 2.45) is 0 Å². The smallest absolute Gasteiger partial charge is 0.205 e. The lowest BCUT2D eigenvalue weighted by atomic mass is 10.4. The van der Waals surface area contributed by atoms with E-state index in [2.05, 4.69) is 46.4 Å². The van der Waals surface area contributed by atoms with Crippen LogP contribution in [0, 0.1) is 0 Å². The monoisotopic (exact) mass is 280 g/mol. The summed E-state index contributed by atoms with van der Waals surface area (Å²) in [5.41, 5.74) is 0. The summed E-state index contributed by atoms with van der Waals surface area (Å²) < 4.78 is 1.93. The van der Waals surface area contributed by atoms with Crippen molar-refractivity contribution in [2.45, 2.75) is 46.6 Å². The van der Waals surface area contributed by atoms with Crippen molar-refractivity contribution in [2.75, 3.05) is 11.9 Å². The van der Waals surface area contributed by atoms with E-state index >= 15 is 0 Å². The molecule has 2 rings (SSSR count). The van der Waals surface area contributed by atoms with Crippen LogP contribution >= 0.6 is 11.3 Å². The van der Waals surface area contributed by atoms with Crippen LogP contribution in [0.4, 0.5) is 5.13 Å². The van der Waals surface area contributed by atoms with Crippen LogP contribution in [-0.2, 0) is 19.4 Å². The highest BCUT2D eigenvalue weighted by atomic mass is 32.1. The second-order valence-corrected chi connectivity index (χ2v) is 5.30. The maximum atomic E-state index is 4.49. The lowest BCUT2D eigenvalue weighted by Crippen LogP contribution is -2.06. The Balaban J connectivity index is 2.07. The Labute approximate surface area is 117 Å². The Morgan fingerprint density at radius 2 is 2.00 bits per heavy atom. The van der Waals surface area contributed by atoms with Crippen LogP contribution in [0.1, 0.15) is 43.8 Å². The Hall–Kier alpha value is -1.50. The Morgan fingerprint density at radius 1 is 1.16 bits per heavy atom. The lowest BCUT2D eigenvalue weighted by molar-refractivity contribution is 0.630. The SMILES string of the molecule is CCCNc1nnc(Cn2nc(CC)nc2CC)s1. The molecule has 7 heteroatoms. The van der Waals surface area contributed by atoms with E-state index in [1.807, 2.05) is 4.68 Å². The van der Waals surface area contributed by atoms with E-state index in [0.717, 1.165) is 47.6 Å². The van der Waals surface area contributed by atoms with Gasteiger partial charge in [0.2, 0.25) is 5.13 Å². The van der Waals surface area contributed by atoms with E-state index in [1.54, 1.807) is 11.3 Å². The molecule has 0 radical (unpaired) electrons. The molecule has 104 valence electrons. The van der Waals surface area contributed by atoms with Gasteiger partial charge >= 0.3 is 0 Å². The van der Waals surface area contributed by atoms with Crippen LogP contribution in [0.5, 0.6) is 0 Å². The topological polar surface area (TPSA) is 68.5 Å². The van der Waals surface area contributed by atoms with Crippen molar-refractivity contribution in [3.05, 3.63) is 16.7 Å². The zero-order chi connectivity index (χ0) is 13.7. The van der Waals surface area contributed by atoms with Gasteiger partial charge in [-0.2, -0.15) is 5.10 Å². The summed E-state index contributed by atoms with van der Waals surface area (Å²) in [5.74, 6) is 1.90. The zero-order valence-corrected chi connectivity index (χ0v) is 12.5. The van der Waals surface area contributed by atoms with Crippen LogP contribution in [0.3, 0.4) is 0 Å². The number of rotatable bonds is 7. The highest BCUT2D eigenvalue weighted by molar-refractivity contribution is 7.15. The molecule has 0 aliphatic carbocycles. The maximum absolute atomic E-state index is 4.49. The molecule has 0 fully saturated rings. The van der Waals surface area contributed by atoms with E-state index < -0.39 is 0 Å². The molecular formula is C12H20N6S. The third-order valence-corrected chi connectivity index (χ3v) is 3.57. The molecule has 0 saturated carbocycles. The first-order chi connectivity index (χ1) is 9.26. The molecule has 0 amide bonds. The number of aryl methyl sites for hydroxylation is 2. The Bertz CT molecular complexity index is 518. The molecule has 0 aromatic carbocycles. The molecule has 0 aliphatic rings. The van der Waals surface area contributed by atoms with E-state index in [9.17, 15) is 0 Å². The molecular weight excluding hydrogens is 260 g/mol. The van der Waals surface area contributed by atoms with Gasteiger partial charge < -0.3 is 5.32 Å². The summed E-state index contributed by atoms with van der Waals surface area (Å²) in [7, 11) is 0. The predicted octanol–water partition coefficient (Wildman–Crippen LogP) is 2.12. The molecule has 0 bridgehead atoms. The van der Waals surface area contributed by atoms with Crippen LogP contribution in [0.25, 0.3) is 0 Å². The van der Waals surface area contributed by atoms with E-state index in [-0.39, 0.29) is 0 Å². The zero-order valence-electron chi connectivity index (χ0n) is 11.7. The minimum absolute atomic E-state index is 0.654. The van der Waals surface area contributed by atoms with Gasteiger partial charge in [0.1, 0.15) is 10.8 Å². The molecule has 0 unspecified atom stereocenters. The van der Waals surface area contributed by atoms with Gasteiger partial charge in [-0.1, -0.05) is 32.1 Å². The van der Waals surface area contributed by atoms with Gasteiger partial charge in [0.15, 0.2) is 5.82 Å². The van der Waals surface area contributed by atoms with Crippen molar-refractivity contribution in [1.29, 1.82) is 0 Å². The maximum Gasteiger partial charge on any atom is 0.205 e. The molecule has 1 N–H and O–H groups in total. The van der Waals surface area contributed by atoms with Crippen molar-refractivity contribution in [3.63, 3.8) is 0 Å². The molecule has 0 aliphatic heterocycles. The van der Waals surface area contributed by atoms with Crippen molar-refractivity contribution >= 4 is 16.5 Å². The first-order valence-electron chi connectivity index (χ1n) is 6.75. The molecule has 0 saturated heterocycles. The van der Waals surface area contributed by atoms with Gasteiger partial charge in [0.25, 0.3) is 0 Å². The Kier molecular flexibility index (Phi) is 4.84. The van der Waals surface area contributed by atoms with Gasteiger partial charge in [0.05, 0.1) is 6.54 Å². The molecule has 2 aromatic rings. The fraction of sp³-hybridized carbons (Fsp3) is 0.667. The predicted molar refractivity (Wildman–Crippen MR) is 76.6 cm³/mol.